The Bertz CT molecular complexity index is 572. The molecule has 94 valence electrons. The molecule has 0 aliphatic rings. The van der Waals surface area contributed by atoms with Crippen LogP contribution in [0, 0.1) is 6.92 Å². The van der Waals surface area contributed by atoms with Gasteiger partial charge >= 0.3 is 0 Å². The van der Waals surface area contributed by atoms with Crippen LogP contribution in [0.3, 0.4) is 0 Å². The molecule has 2 aromatic carbocycles. The monoisotopic (exact) mass is 325 g/mol. The van der Waals surface area contributed by atoms with E-state index in [4.69, 9.17) is 22.1 Å². The summed E-state index contributed by atoms with van der Waals surface area (Å²) < 4.78 is 6.87. The summed E-state index contributed by atoms with van der Waals surface area (Å²) >= 11 is 9.39. The van der Waals surface area contributed by atoms with Gasteiger partial charge in [0.1, 0.15) is 11.5 Å². The second-order valence-corrected chi connectivity index (χ2v) is 5.32. The molecule has 0 radical (unpaired) electrons. The van der Waals surface area contributed by atoms with E-state index < -0.39 is 0 Å². The molecule has 0 bridgehead atoms. The molecule has 18 heavy (non-hydrogen) atoms. The van der Waals surface area contributed by atoms with Crippen molar-refractivity contribution in [1.82, 2.24) is 0 Å². The first-order valence-electron chi connectivity index (χ1n) is 5.52. The molecule has 0 spiro atoms. The largest absolute Gasteiger partial charge is 0.457 e. The highest BCUT2D eigenvalue weighted by Gasteiger charge is 2.07. The molecular formula is C14H13BrClNO. The van der Waals surface area contributed by atoms with Crippen molar-refractivity contribution in [2.75, 3.05) is 0 Å². The number of hydrogen-bond acceptors (Lipinski definition) is 2. The van der Waals surface area contributed by atoms with Crippen molar-refractivity contribution in [3.8, 4) is 11.5 Å². The second-order valence-electron chi connectivity index (χ2n) is 3.97. The summed E-state index contributed by atoms with van der Waals surface area (Å²) in [5.74, 6) is 1.51. The Hall–Kier alpha value is -1.03. The maximum absolute atomic E-state index is 5.97. The average molecular weight is 327 g/mol. The maximum atomic E-state index is 5.97. The van der Waals surface area contributed by atoms with Crippen LogP contribution in [-0.2, 0) is 6.54 Å². The van der Waals surface area contributed by atoms with Crippen LogP contribution in [0.4, 0.5) is 0 Å². The molecule has 0 fully saturated rings. The van der Waals surface area contributed by atoms with Gasteiger partial charge in [0.15, 0.2) is 0 Å². The van der Waals surface area contributed by atoms with E-state index in [2.05, 4.69) is 15.9 Å². The first-order chi connectivity index (χ1) is 8.60. The minimum Gasteiger partial charge on any atom is -0.457 e. The Kier molecular flexibility index (Phi) is 4.27. The minimum absolute atomic E-state index is 0.425. The van der Waals surface area contributed by atoms with Gasteiger partial charge in [-0.15, -0.1) is 0 Å². The summed E-state index contributed by atoms with van der Waals surface area (Å²) in [6, 6.07) is 11.4. The van der Waals surface area contributed by atoms with Gasteiger partial charge in [0.05, 0.1) is 0 Å². The van der Waals surface area contributed by atoms with E-state index in [0.717, 1.165) is 27.1 Å². The Morgan fingerprint density at radius 3 is 2.67 bits per heavy atom. The van der Waals surface area contributed by atoms with Gasteiger partial charge in [-0.3, -0.25) is 0 Å². The van der Waals surface area contributed by atoms with Crippen molar-refractivity contribution >= 4 is 27.5 Å². The van der Waals surface area contributed by atoms with Crippen LogP contribution in [0.1, 0.15) is 11.1 Å². The normalized spacial score (nSPS) is 10.4. The van der Waals surface area contributed by atoms with Crippen LogP contribution < -0.4 is 10.5 Å². The van der Waals surface area contributed by atoms with Gasteiger partial charge in [-0.05, 0) is 42.8 Å². The lowest BCUT2D eigenvalue weighted by atomic mass is 10.2. The third kappa shape index (κ3) is 3.05. The molecule has 2 rings (SSSR count). The molecule has 4 heteroatoms. The lowest BCUT2D eigenvalue weighted by molar-refractivity contribution is 0.472. The molecule has 0 aliphatic heterocycles. The van der Waals surface area contributed by atoms with Crippen molar-refractivity contribution in [3.63, 3.8) is 0 Å². The molecule has 0 aromatic heterocycles. The lowest BCUT2D eigenvalue weighted by Gasteiger charge is -2.12. The molecule has 2 nitrogen and oxygen atoms in total. The second kappa shape index (κ2) is 5.74. The Labute approximate surface area is 120 Å². The van der Waals surface area contributed by atoms with Crippen molar-refractivity contribution < 1.29 is 4.74 Å². The quantitative estimate of drug-likeness (QED) is 0.890. The number of hydrogen-bond donors (Lipinski definition) is 1. The van der Waals surface area contributed by atoms with Gasteiger partial charge in [-0.1, -0.05) is 33.6 Å². The molecule has 0 saturated heterocycles. The highest BCUT2D eigenvalue weighted by Crippen LogP contribution is 2.31. The summed E-state index contributed by atoms with van der Waals surface area (Å²) in [5.41, 5.74) is 7.69. The summed E-state index contributed by atoms with van der Waals surface area (Å²) in [6.07, 6.45) is 0. The summed E-state index contributed by atoms with van der Waals surface area (Å²) in [6.45, 7) is 2.40. The van der Waals surface area contributed by atoms with Crippen molar-refractivity contribution in [2.24, 2.45) is 5.73 Å². The van der Waals surface area contributed by atoms with E-state index >= 15 is 0 Å². The van der Waals surface area contributed by atoms with Gasteiger partial charge in [0.2, 0.25) is 0 Å². The topological polar surface area (TPSA) is 35.2 Å². The van der Waals surface area contributed by atoms with E-state index in [0.29, 0.717) is 11.6 Å². The highest BCUT2D eigenvalue weighted by atomic mass is 79.9. The zero-order valence-corrected chi connectivity index (χ0v) is 12.3. The number of rotatable bonds is 3. The molecule has 0 unspecified atom stereocenters. The van der Waals surface area contributed by atoms with Crippen LogP contribution in [0.5, 0.6) is 11.5 Å². The standard InChI is InChI=1S/C14H13BrClNO/c1-9-2-4-12(16)7-14(9)18-13-5-3-11(15)6-10(13)8-17/h2-7H,8,17H2,1H3. The van der Waals surface area contributed by atoms with Gasteiger partial charge in [-0.2, -0.15) is 0 Å². The van der Waals surface area contributed by atoms with Crippen LogP contribution in [0.25, 0.3) is 0 Å². The number of nitrogens with two attached hydrogens (primary N) is 1. The molecule has 2 aromatic rings. The first-order valence-corrected chi connectivity index (χ1v) is 6.70. The van der Waals surface area contributed by atoms with Gasteiger partial charge in [0.25, 0.3) is 0 Å². The summed E-state index contributed by atoms with van der Waals surface area (Å²) in [7, 11) is 0. The minimum atomic E-state index is 0.425. The fourth-order valence-corrected chi connectivity index (χ4v) is 2.18. The zero-order chi connectivity index (χ0) is 13.1. The third-order valence-corrected chi connectivity index (χ3v) is 3.34. The number of aryl methyl sites for hydroxylation is 1. The van der Waals surface area contributed by atoms with Crippen molar-refractivity contribution in [1.29, 1.82) is 0 Å². The zero-order valence-electron chi connectivity index (χ0n) is 9.91. The molecule has 0 saturated carbocycles. The van der Waals surface area contributed by atoms with Crippen LogP contribution >= 0.6 is 27.5 Å². The van der Waals surface area contributed by atoms with E-state index in [9.17, 15) is 0 Å². The molecular weight excluding hydrogens is 314 g/mol. The fraction of sp³-hybridized carbons (Fsp3) is 0.143. The summed E-state index contributed by atoms with van der Waals surface area (Å²) in [5, 5.41) is 0.655. The fourth-order valence-electron chi connectivity index (χ4n) is 1.61. The number of benzene rings is 2. The van der Waals surface area contributed by atoms with Gasteiger partial charge < -0.3 is 10.5 Å². The highest BCUT2D eigenvalue weighted by molar-refractivity contribution is 9.10. The lowest BCUT2D eigenvalue weighted by Crippen LogP contribution is -2.00. The van der Waals surface area contributed by atoms with E-state index in [1.807, 2.05) is 37.3 Å². The maximum Gasteiger partial charge on any atom is 0.132 e. The SMILES string of the molecule is Cc1ccc(Cl)cc1Oc1ccc(Br)cc1CN. The predicted molar refractivity (Wildman–Crippen MR) is 78.3 cm³/mol. The number of halogens is 2. The Balaban J connectivity index is 2.36. The number of ether oxygens (including phenoxy) is 1. The van der Waals surface area contributed by atoms with Gasteiger partial charge in [-0.25, -0.2) is 0 Å². The Morgan fingerprint density at radius 2 is 1.94 bits per heavy atom. The van der Waals surface area contributed by atoms with Crippen LogP contribution in [0.15, 0.2) is 40.9 Å². The van der Waals surface area contributed by atoms with Gasteiger partial charge in [0, 0.05) is 21.6 Å². The van der Waals surface area contributed by atoms with E-state index in [-0.39, 0.29) is 0 Å². The Morgan fingerprint density at radius 1 is 1.17 bits per heavy atom. The van der Waals surface area contributed by atoms with E-state index in [1.54, 1.807) is 6.07 Å². The van der Waals surface area contributed by atoms with Crippen LogP contribution in [0.2, 0.25) is 5.02 Å². The van der Waals surface area contributed by atoms with Crippen LogP contribution in [-0.4, -0.2) is 0 Å². The first kappa shape index (κ1) is 13.4. The predicted octanol–water partition coefficient (Wildman–Crippen LogP) is 4.66. The molecule has 0 amide bonds. The average Bonchev–Trinajstić information content (AvgIpc) is 2.36. The van der Waals surface area contributed by atoms with Crippen molar-refractivity contribution in [2.45, 2.75) is 13.5 Å². The van der Waals surface area contributed by atoms with Crippen molar-refractivity contribution in [3.05, 3.63) is 57.0 Å². The summed E-state index contributed by atoms with van der Waals surface area (Å²) in [4.78, 5) is 0. The molecule has 2 N–H and O–H groups in total. The third-order valence-electron chi connectivity index (χ3n) is 2.61. The smallest absolute Gasteiger partial charge is 0.132 e. The molecule has 0 atom stereocenters. The molecule has 0 heterocycles. The van der Waals surface area contributed by atoms with E-state index in [1.165, 1.54) is 0 Å². The molecule has 0 aliphatic carbocycles.